The average Bonchev–Trinajstić information content (AvgIpc) is 2.03. The van der Waals surface area contributed by atoms with Crippen LogP contribution in [-0.2, 0) is 9.47 Å². The molecule has 0 aromatic carbocycles. The molecular weight excluding hydrogens is 152 g/mol. The van der Waals surface area contributed by atoms with Crippen molar-refractivity contribution in [1.82, 2.24) is 0 Å². The van der Waals surface area contributed by atoms with Crippen molar-refractivity contribution in [3.8, 4) is 0 Å². The lowest BCUT2D eigenvalue weighted by atomic mass is 9.88. The molecule has 1 aliphatic rings. The lowest BCUT2D eigenvalue weighted by Gasteiger charge is -2.40. The van der Waals surface area contributed by atoms with Crippen LogP contribution in [0.4, 0.5) is 0 Å². The van der Waals surface area contributed by atoms with Gasteiger partial charge in [0, 0.05) is 20.0 Å². The largest absolute Gasteiger partial charge is 0.378 e. The summed E-state index contributed by atoms with van der Waals surface area (Å²) in [5.41, 5.74) is 0.0400. The zero-order chi connectivity index (χ0) is 9.19. The van der Waals surface area contributed by atoms with E-state index in [1.807, 2.05) is 0 Å². The number of hydrogen-bond donors (Lipinski definition) is 0. The summed E-state index contributed by atoms with van der Waals surface area (Å²) in [7, 11) is 1.80. The Morgan fingerprint density at radius 3 is 2.67 bits per heavy atom. The Morgan fingerprint density at radius 2 is 2.17 bits per heavy atom. The van der Waals surface area contributed by atoms with Gasteiger partial charge in [-0.3, -0.25) is 0 Å². The Hall–Kier alpha value is -0.0800. The van der Waals surface area contributed by atoms with Crippen LogP contribution in [0.5, 0.6) is 0 Å². The van der Waals surface area contributed by atoms with Gasteiger partial charge in [-0.1, -0.05) is 6.92 Å². The molecule has 0 spiro atoms. The van der Waals surface area contributed by atoms with Crippen LogP contribution in [-0.4, -0.2) is 24.9 Å². The van der Waals surface area contributed by atoms with E-state index in [0.717, 1.165) is 19.3 Å². The van der Waals surface area contributed by atoms with E-state index in [0.29, 0.717) is 12.2 Å². The summed E-state index contributed by atoms with van der Waals surface area (Å²) in [4.78, 5) is 0. The standard InChI is InChI=1S/C10H20O2/c1-5-9-7-10(3,11-4)6-8(2)12-9/h8-9H,5-7H2,1-4H3/t8?,9?,10-/m0/s1. The van der Waals surface area contributed by atoms with Gasteiger partial charge in [0.25, 0.3) is 0 Å². The van der Waals surface area contributed by atoms with Crippen LogP contribution in [0.2, 0.25) is 0 Å². The molecule has 0 amide bonds. The third-order valence-corrected chi connectivity index (χ3v) is 2.75. The number of ether oxygens (including phenoxy) is 2. The first-order valence-electron chi connectivity index (χ1n) is 4.80. The molecule has 2 heteroatoms. The maximum absolute atomic E-state index is 5.75. The number of methoxy groups -OCH3 is 1. The first-order valence-corrected chi connectivity index (χ1v) is 4.80. The third kappa shape index (κ3) is 2.20. The predicted octanol–water partition coefficient (Wildman–Crippen LogP) is 2.37. The van der Waals surface area contributed by atoms with Crippen LogP contribution in [0.3, 0.4) is 0 Å². The highest BCUT2D eigenvalue weighted by atomic mass is 16.5. The van der Waals surface area contributed by atoms with Crippen molar-refractivity contribution in [1.29, 1.82) is 0 Å². The molecule has 0 aromatic rings. The lowest BCUT2D eigenvalue weighted by Crippen LogP contribution is -2.43. The van der Waals surface area contributed by atoms with E-state index in [-0.39, 0.29) is 5.60 Å². The predicted molar refractivity (Wildman–Crippen MR) is 49.3 cm³/mol. The molecule has 1 heterocycles. The van der Waals surface area contributed by atoms with E-state index in [4.69, 9.17) is 9.47 Å². The van der Waals surface area contributed by atoms with Gasteiger partial charge in [-0.15, -0.1) is 0 Å². The highest BCUT2D eigenvalue weighted by Gasteiger charge is 2.35. The molecule has 3 atom stereocenters. The fraction of sp³-hybridized carbons (Fsp3) is 1.00. The molecule has 1 aliphatic heterocycles. The maximum Gasteiger partial charge on any atom is 0.0700 e. The molecule has 0 radical (unpaired) electrons. The number of hydrogen-bond acceptors (Lipinski definition) is 2. The minimum Gasteiger partial charge on any atom is -0.378 e. The monoisotopic (exact) mass is 172 g/mol. The summed E-state index contributed by atoms with van der Waals surface area (Å²) in [6.07, 6.45) is 3.86. The molecule has 0 aromatic heterocycles. The fourth-order valence-corrected chi connectivity index (χ4v) is 2.00. The van der Waals surface area contributed by atoms with Crippen molar-refractivity contribution in [3.63, 3.8) is 0 Å². The maximum atomic E-state index is 5.75. The van der Waals surface area contributed by atoms with Crippen LogP contribution in [0.25, 0.3) is 0 Å². The topological polar surface area (TPSA) is 18.5 Å². The molecule has 0 saturated carbocycles. The molecule has 1 rings (SSSR count). The van der Waals surface area contributed by atoms with Gasteiger partial charge in [-0.05, 0) is 20.3 Å². The van der Waals surface area contributed by atoms with E-state index in [1.54, 1.807) is 7.11 Å². The van der Waals surface area contributed by atoms with Crippen LogP contribution >= 0.6 is 0 Å². The van der Waals surface area contributed by atoms with Gasteiger partial charge in [-0.2, -0.15) is 0 Å². The van der Waals surface area contributed by atoms with Gasteiger partial charge in [-0.25, -0.2) is 0 Å². The Kier molecular flexibility index (Phi) is 3.13. The summed E-state index contributed by atoms with van der Waals surface area (Å²) in [6.45, 7) is 6.46. The van der Waals surface area contributed by atoms with Crippen molar-refractivity contribution >= 4 is 0 Å². The summed E-state index contributed by atoms with van der Waals surface area (Å²) in [5.74, 6) is 0. The lowest BCUT2D eigenvalue weighted by molar-refractivity contribution is -0.144. The summed E-state index contributed by atoms with van der Waals surface area (Å²) in [6, 6.07) is 0. The van der Waals surface area contributed by atoms with Crippen molar-refractivity contribution in [3.05, 3.63) is 0 Å². The second kappa shape index (κ2) is 3.75. The second-order valence-corrected chi connectivity index (χ2v) is 4.04. The van der Waals surface area contributed by atoms with Gasteiger partial charge < -0.3 is 9.47 Å². The van der Waals surface area contributed by atoms with Crippen molar-refractivity contribution in [2.75, 3.05) is 7.11 Å². The Bertz CT molecular complexity index is 147. The Labute approximate surface area is 75.2 Å². The zero-order valence-electron chi connectivity index (χ0n) is 8.59. The van der Waals surface area contributed by atoms with Crippen molar-refractivity contribution in [2.24, 2.45) is 0 Å². The van der Waals surface area contributed by atoms with Gasteiger partial charge in [0.05, 0.1) is 17.8 Å². The molecule has 12 heavy (non-hydrogen) atoms. The van der Waals surface area contributed by atoms with Crippen LogP contribution < -0.4 is 0 Å². The molecule has 1 saturated heterocycles. The summed E-state index contributed by atoms with van der Waals surface area (Å²) >= 11 is 0. The zero-order valence-corrected chi connectivity index (χ0v) is 8.59. The molecule has 0 N–H and O–H groups in total. The van der Waals surface area contributed by atoms with Crippen LogP contribution in [0.15, 0.2) is 0 Å². The Balaban J connectivity index is 2.56. The van der Waals surface area contributed by atoms with Crippen molar-refractivity contribution in [2.45, 2.75) is 57.8 Å². The minimum absolute atomic E-state index is 0.0400. The van der Waals surface area contributed by atoms with Gasteiger partial charge >= 0.3 is 0 Å². The normalized spacial score (nSPS) is 43.0. The van der Waals surface area contributed by atoms with E-state index in [2.05, 4.69) is 20.8 Å². The van der Waals surface area contributed by atoms with Gasteiger partial charge in [0.1, 0.15) is 0 Å². The first-order chi connectivity index (χ1) is 5.59. The molecule has 1 fully saturated rings. The third-order valence-electron chi connectivity index (χ3n) is 2.75. The van der Waals surface area contributed by atoms with Crippen LogP contribution in [0, 0.1) is 0 Å². The summed E-state index contributed by atoms with van der Waals surface area (Å²) < 4.78 is 11.3. The number of rotatable bonds is 2. The van der Waals surface area contributed by atoms with Crippen molar-refractivity contribution < 1.29 is 9.47 Å². The van der Waals surface area contributed by atoms with E-state index in [1.165, 1.54) is 0 Å². The second-order valence-electron chi connectivity index (χ2n) is 4.04. The average molecular weight is 172 g/mol. The van der Waals surface area contributed by atoms with E-state index in [9.17, 15) is 0 Å². The molecule has 0 bridgehead atoms. The summed E-state index contributed by atoms with van der Waals surface area (Å²) in [5, 5.41) is 0. The minimum atomic E-state index is 0.0400. The molecule has 72 valence electrons. The fourth-order valence-electron chi connectivity index (χ4n) is 2.00. The van der Waals surface area contributed by atoms with Crippen LogP contribution in [0.1, 0.15) is 40.0 Å². The molecular formula is C10H20O2. The van der Waals surface area contributed by atoms with Gasteiger partial charge in [0.15, 0.2) is 0 Å². The van der Waals surface area contributed by atoms with E-state index >= 15 is 0 Å². The smallest absolute Gasteiger partial charge is 0.0700 e. The first kappa shape index (κ1) is 10.0. The van der Waals surface area contributed by atoms with Gasteiger partial charge in [0.2, 0.25) is 0 Å². The molecule has 2 nitrogen and oxygen atoms in total. The molecule has 0 aliphatic carbocycles. The Morgan fingerprint density at radius 1 is 1.50 bits per heavy atom. The highest BCUT2D eigenvalue weighted by Crippen LogP contribution is 2.32. The quantitative estimate of drug-likeness (QED) is 0.636. The SMILES string of the molecule is CCC1C[C@@](C)(OC)CC(C)O1. The highest BCUT2D eigenvalue weighted by molar-refractivity contribution is 4.85. The van der Waals surface area contributed by atoms with E-state index < -0.39 is 0 Å². The molecule has 2 unspecified atom stereocenters.